The third kappa shape index (κ3) is 3.60. The van der Waals surface area contributed by atoms with Gasteiger partial charge in [0.25, 0.3) is 5.91 Å². The summed E-state index contributed by atoms with van der Waals surface area (Å²) in [7, 11) is -3.85. The molecular formula is C19H13BrN2O4S2. The van der Waals surface area contributed by atoms with Crippen LogP contribution in [0.1, 0.15) is 16.1 Å². The second-order valence-electron chi connectivity index (χ2n) is 6.02. The molecule has 9 heteroatoms. The minimum Gasteiger partial charge on any atom is -0.439 e. The van der Waals surface area contributed by atoms with Crippen LogP contribution in [-0.4, -0.2) is 19.3 Å². The van der Waals surface area contributed by atoms with Crippen LogP contribution in [0, 0.1) is 6.92 Å². The lowest BCUT2D eigenvalue weighted by Gasteiger charge is -2.01. The lowest BCUT2D eigenvalue weighted by atomic mass is 10.2. The van der Waals surface area contributed by atoms with Gasteiger partial charge in [0.2, 0.25) is 14.9 Å². The molecule has 0 aliphatic heterocycles. The van der Waals surface area contributed by atoms with Crippen molar-refractivity contribution in [3.05, 3.63) is 70.4 Å². The van der Waals surface area contributed by atoms with E-state index in [2.05, 4.69) is 26.2 Å². The van der Waals surface area contributed by atoms with Crippen molar-refractivity contribution < 1.29 is 17.6 Å². The largest absolute Gasteiger partial charge is 0.439 e. The number of hydrogen-bond acceptors (Lipinski definition) is 6. The Labute approximate surface area is 173 Å². The predicted molar refractivity (Wildman–Crippen MR) is 111 cm³/mol. The summed E-state index contributed by atoms with van der Waals surface area (Å²) in [5, 5.41) is 2.78. The van der Waals surface area contributed by atoms with Gasteiger partial charge in [-0.15, -0.1) is 0 Å². The molecule has 4 rings (SSSR count). The lowest BCUT2D eigenvalue weighted by molar-refractivity contribution is 0.0991. The highest BCUT2D eigenvalue weighted by atomic mass is 79.9. The molecule has 142 valence electrons. The van der Waals surface area contributed by atoms with Gasteiger partial charge in [-0.25, -0.2) is 13.4 Å². The van der Waals surface area contributed by atoms with E-state index in [1.165, 1.54) is 35.6 Å². The number of nitrogens with zero attached hydrogens (tertiary/aromatic N) is 1. The SMILES string of the molecule is Cc1ccc2nc(NC(=O)c3ccc(S(=O)(=O)c4ccc(Br)cc4)o3)sc2c1. The zero-order valence-electron chi connectivity index (χ0n) is 14.5. The van der Waals surface area contributed by atoms with Crippen molar-refractivity contribution in [3.8, 4) is 0 Å². The summed E-state index contributed by atoms with van der Waals surface area (Å²) in [6, 6.07) is 14.6. The quantitative estimate of drug-likeness (QED) is 0.445. The Morgan fingerprint density at radius 1 is 1.11 bits per heavy atom. The smallest absolute Gasteiger partial charge is 0.293 e. The number of carbonyl (C=O) groups excluding carboxylic acids is 1. The number of carbonyl (C=O) groups is 1. The second-order valence-corrected chi connectivity index (χ2v) is 9.85. The van der Waals surface area contributed by atoms with Crippen molar-refractivity contribution in [2.24, 2.45) is 0 Å². The summed E-state index contributed by atoms with van der Waals surface area (Å²) < 4.78 is 32.3. The van der Waals surface area contributed by atoms with E-state index in [4.69, 9.17) is 4.42 Å². The first-order valence-electron chi connectivity index (χ1n) is 8.12. The number of sulfone groups is 1. The molecule has 0 atom stereocenters. The molecule has 4 aromatic rings. The average Bonchev–Trinajstić information content (AvgIpc) is 3.28. The molecule has 6 nitrogen and oxygen atoms in total. The monoisotopic (exact) mass is 476 g/mol. The molecule has 1 N–H and O–H groups in total. The van der Waals surface area contributed by atoms with Crippen molar-refractivity contribution in [2.45, 2.75) is 16.9 Å². The molecule has 2 aromatic carbocycles. The number of amides is 1. The number of benzene rings is 2. The fraction of sp³-hybridized carbons (Fsp3) is 0.0526. The first-order chi connectivity index (χ1) is 13.3. The normalized spacial score (nSPS) is 11.6. The van der Waals surface area contributed by atoms with E-state index in [-0.39, 0.29) is 15.7 Å². The maximum Gasteiger partial charge on any atom is 0.293 e. The molecule has 1 amide bonds. The van der Waals surface area contributed by atoms with Crippen LogP contribution in [0.15, 0.2) is 73.5 Å². The number of hydrogen-bond donors (Lipinski definition) is 1. The third-order valence-electron chi connectivity index (χ3n) is 3.96. The van der Waals surface area contributed by atoms with E-state index in [9.17, 15) is 13.2 Å². The number of fused-ring (bicyclic) bond motifs is 1. The summed E-state index contributed by atoms with van der Waals surface area (Å²) in [4.78, 5) is 16.9. The van der Waals surface area contributed by atoms with Gasteiger partial charge in [-0.1, -0.05) is 33.3 Å². The van der Waals surface area contributed by atoms with Crippen molar-refractivity contribution in [1.82, 2.24) is 4.98 Å². The van der Waals surface area contributed by atoms with Gasteiger partial charge in [0, 0.05) is 4.47 Å². The van der Waals surface area contributed by atoms with Crippen LogP contribution in [0.4, 0.5) is 5.13 Å². The number of aromatic nitrogens is 1. The average molecular weight is 477 g/mol. The number of rotatable bonds is 4. The zero-order valence-corrected chi connectivity index (χ0v) is 17.7. The number of nitrogens with one attached hydrogen (secondary N) is 1. The van der Waals surface area contributed by atoms with Crippen molar-refractivity contribution in [3.63, 3.8) is 0 Å². The van der Waals surface area contributed by atoms with Gasteiger partial charge in [0.1, 0.15) is 0 Å². The molecule has 28 heavy (non-hydrogen) atoms. The Morgan fingerprint density at radius 2 is 1.86 bits per heavy atom. The Kier molecular flexibility index (Phi) is 4.82. The number of furan rings is 1. The van der Waals surface area contributed by atoms with Crippen molar-refractivity contribution >= 4 is 58.4 Å². The molecule has 0 radical (unpaired) electrons. The molecular weight excluding hydrogens is 464 g/mol. The van der Waals surface area contributed by atoms with Crippen LogP contribution in [0.2, 0.25) is 0 Å². The first-order valence-corrected chi connectivity index (χ1v) is 11.2. The first kappa shape index (κ1) is 18.9. The molecule has 2 heterocycles. The second kappa shape index (κ2) is 7.16. The van der Waals surface area contributed by atoms with Gasteiger partial charge in [0.15, 0.2) is 10.9 Å². The molecule has 0 saturated carbocycles. The fourth-order valence-electron chi connectivity index (χ4n) is 2.56. The van der Waals surface area contributed by atoms with Gasteiger partial charge in [0.05, 0.1) is 15.1 Å². The van der Waals surface area contributed by atoms with Gasteiger partial charge < -0.3 is 4.42 Å². The van der Waals surface area contributed by atoms with Crippen molar-refractivity contribution in [1.29, 1.82) is 0 Å². The van der Waals surface area contributed by atoms with E-state index in [0.717, 1.165) is 20.3 Å². The third-order valence-corrected chi connectivity index (χ3v) is 7.06. The van der Waals surface area contributed by atoms with Crippen LogP contribution in [-0.2, 0) is 9.84 Å². The van der Waals surface area contributed by atoms with E-state index in [1.807, 2.05) is 25.1 Å². The van der Waals surface area contributed by atoms with E-state index in [1.54, 1.807) is 12.1 Å². The summed E-state index contributed by atoms with van der Waals surface area (Å²) in [5.74, 6) is -0.667. The Hall–Kier alpha value is -2.49. The Balaban J connectivity index is 1.57. The Bertz CT molecular complexity index is 1290. The standard InChI is InChI=1S/C19H13BrN2O4S2/c1-11-2-7-14-16(10-11)27-19(21-14)22-18(23)15-8-9-17(26-15)28(24,25)13-5-3-12(20)4-6-13/h2-10H,1H3,(H,21,22,23). The van der Waals surface area contributed by atoms with Gasteiger partial charge in [-0.2, -0.15) is 0 Å². The minimum atomic E-state index is -3.85. The van der Waals surface area contributed by atoms with E-state index < -0.39 is 15.7 Å². The summed E-state index contributed by atoms with van der Waals surface area (Å²) >= 11 is 4.60. The molecule has 0 fully saturated rings. The number of halogens is 1. The van der Waals surface area contributed by atoms with Crippen LogP contribution in [0.25, 0.3) is 10.2 Å². The zero-order chi connectivity index (χ0) is 19.9. The molecule has 0 aliphatic rings. The molecule has 0 aliphatic carbocycles. The summed E-state index contributed by atoms with van der Waals surface area (Å²) in [6.07, 6.45) is 0. The maximum absolute atomic E-state index is 12.6. The van der Waals surface area contributed by atoms with E-state index in [0.29, 0.717) is 5.13 Å². The van der Waals surface area contributed by atoms with Gasteiger partial charge >= 0.3 is 0 Å². The van der Waals surface area contributed by atoms with Crippen molar-refractivity contribution in [2.75, 3.05) is 5.32 Å². The molecule has 0 bridgehead atoms. The molecule has 2 aromatic heterocycles. The van der Waals surface area contributed by atoms with Crippen LogP contribution >= 0.6 is 27.3 Å². The molecule has 0 spiro atoms. The number of anilines is 1. The fourth-order valence-corrected chi connectivity index (χ4v) is 4.96. The van der Waals surface area contributed by atoms with E-state index >= 15 is 0 Å². The summed E-state index contributed by atoms with van der Waals surface area (Å²) in [5.41, 5.74) is 1.88. The maximum atomic E-state index is 12.6. The summed E-state index contributed by atoms with van der Waals surface area (Å²) in [6.45, 7) is 1.98. The predicted octanol–water partition coefficient (Wildman–Crippen LogP) is 5.05. The van der Waals surface area contributed by atoms with Crippen LogP contribution in [0.5, 0.6) is 0 Å². The lowest BCUT2D eigenvalue weighted by Crippen LogP contribution is -2.10. The minimum absolute atomic E-state index is 0.0820. The highest BCUT2D eigenvalue weighted by Gasteiger charge is 2.24. The Morgan fingerprint density at radius 3 is 2.61 bits per heavy atom. The highest BCUT2D eigenvalue weighted by molar-refractivity contribution is 9.10. The van der Waals surface area contributed by atoms with Gasteiger partial charge in [-0.3, -0.25) is 10.1 Å². The molecule has 0 unspecified atom stereocenters. The number of aryl methyl sites for hydroxylation is 1. The topological polar surface area (TPSA) is 89.3 Å². The van der Waals surface area contributed by atoms with Crippen LogP contribution in [0.3, 0.4) is 0 Å². The highest BCUT2D eigenvalue weighted by Crippen LogP contribution is 2.28. The number of thiazole rings is 1. The van der Waals surface area contributed by atoms with Gasteiger partial charge in [-0.05, 0) is 61.0 Å². The molecule has 0 saturated heterocycles. The van der Waals surface area contributed by atoms with Crippen LogP contribution < -0.4 is 5.32 Å².